The van der Waals surface area contributed by atoms with Crippen LogP contribution in [0, 0.1) is 0 Å². The molecule has 0 aliphatic rings. The fraction of sp³-hybridized carbons (Fsp3) is 0.321. The average molecular weight is 546 g/mol. The van der Waals surface area contributed by atoms with Crippen LogP contribution in [0.2, 0.25) is 0 Å². The fourth-order valence-corrected chi connectivity index (χ4v) is 4.37. The number of nitrogen functional groups attached to an aromatic ring is 2. The predicted molar refractivity (Wildman–Crippen MR) is 149 cm³/mol. The van der Waals surface area contributed by atoms with Gasteiger partial charge in [-0.2, -0.15) is 9.97 Å². The predicted octanol–water partition coefficient (Wildman–Crippen LogP) is 2.53. The lowest BCUT2D eigenvalue weighted by Gasteiger charge is -2.18. The van der Waals surface area contributed by atoms with Crippen molar-refractivity contribution in [3.63, 3.8) is 0 Å². The molecule has 208 valence electrons. The summed E-state index contributed by atoms with van der Waals surface area (Å²) in [5.41, 5.74) is 14.4. The number of nitrogens with zero attached hydrogens (tertiary/aromatic N) is 4. The number of hydrogen-bond acceptors (Lipinski definition) is 11. The molecule has 0 saturated heterocycles. The molecule has 1 amide bonds. The highest BCUT2D eigenvalue weighted by Crippen LogP contribution is 2.25. The van der Waals surface area contributed by atoms with Gasteiger partial charge in [-0.3, -0.25) is 9.59 Å². The summed E-state index contributed by atoms with van der Waals surface area (Å²) in [7, 11) is 0. The molecular weight excluding hydrogens is 514 g/mol. The van der Waals surface area contributed by atoms with Crippen molar-refractivity contribution in [2.24, 2.45) is 0 Å². The Bertz CT molecular complexity index is 1560. The summed E-state index contributed by atoms with van der Waals surface area (Å²) in [5, 5.41) is 4.35. The fourth-order valence-electron chi connectivity index (χ4n) is 4.37. The highest BCUT2D eigenvalue weighted by molar-refractivity contribution is 6.08. The SMILES string of the molecule is CCOC(=O)CC[C@H](NC(=O)c1ccc(CCc2cnc3nc(N)nc(N)c3n2)c2ccccc12)C(=O)OCC. The Morgan fingerprint density at radius 3 is 2.42 bits per heavy atom. The topological polar surface area (TPSA) is 185 Å². The van der Waals surface area contributed by atoms with Crippen molar-refractivity contribution in [2.75, 3.05) is 24.7 Å². The van der Waals surface area contributed by atoms with Gasteiger partial charge in [-0.25, -0.2) is 14.8 Å². The Labute approximate surface area is 230 Å². The maximum atomic E-state index is 13.3. The van der Waals surface area contributed by atoms with Gasteiger partial charge in [0.15, 0.2) is 17.0 Å². The summed E-state index contributed by atoms with van der Waals surface area (Å²) < 4.78 is 10.1. The van der Waals surface area contributed by atoms with Crippen molar-refractivity contribution >= 4 is 51.5 Å². The Hall–Kier alpha value is -4.87. The number of aryl methyl sites for hydroxylation is 2. The summed E-state index contributed by atoms with van der Waals surface area (Å²) in [6.45, 7) is 3.76. The van der Waals surface area contributed by atoms with Gasteiger partial charge in [0.1, 0.15) is 6.04 Å². The molecule has 4 rings (SSSR count). The number of anilines is 2. The number of fused-ring (bicyclic) bond motifs is 2. The molecule has 0 saturated carbocycles. The van der Waals surface area contributed by atoms with Crippen molar-refractivity contribution in [2.45, 2.75) is 45.6 Å². The van der Waals surface area contributed by atoms with Crippen LogP contribution < -0.4 is 16.8 Å². The van der Waals surface area contributed by atoms with E-state index in [9.17, 15) is 14.4 Å². The van der Waals surface area contributed by atoms with Crippen LogP contribution in [0.1, 0.15) is 48.3 Å². The molecule has 0 aliphatic heterocycles. The monoisotopic (exact) mass is 545 g/mol. The first kappa shape index (κ1) is 28.1. The molecule has 5 N–H and O–H groups in total. The van der Waals surface area contributed by atoms with Crippen molar-refractivity contribution in [3.05, 3.63) is 59.4 Å². The third kappa shape index (κ3) is 6.57. The Balaban J connectivity index is 1.54. The first-order valence-corrected chi connectivity index (χ1v) is 13.0. The molecule has 0 bridgehead atoms. The molecule has 4 aromatic rings. The zero-order valence-corrected chi connectivity index (χ0v) is 22.3. The van der Waals surface area contributed by atoms with Gasteiger partial charge in [0, 0.05) is 12.0 Å². The van der Waals surface area contributed by atoms with Crippen LogP contribution in [0.3, 0.4) is 0 Å². The van der Waals surface area contributed by atoms with Gasteiger partial charge in [-0.05, 0) is 55.5 Å². The lowest BCUT2D eigenvalue weighted by atomic mass is 9.96. The van der Waals surface area contributed by atoms with Crippen molar-refractivity contribution in [1.29, 1.82) is 0 Å². The molecule has 1 atom stereocenters. The van der Waals surface area contributed by atoms with E-state index in [0.717, 1.165) is 16.3 Å². The van der Waals surface area contributed by atoms with Crippen LogP contribution in [0.4, 0.5) is 11.8 Å². The molecular formula is C28H31N7O5. The summed E-state index contributed by atoms with van der Waals surface area (Å²) >= 11 is 0. The first-order valence-electron chi connectivity index (χ1n) is 13.0. The van der Waals surface area contributed by atoms with Crippen LogP contribution >= 0.6 is 0 Å². The van der Waals surface area contributed by atoms with E-state index in [1.807, 2.05) is 30.3 Å². The second kappa shape index (κ2) is 12.8. The normalized spacial score (nSPS) is 11.8. The van der Waals surface area contributed by atoms with E-state index in [-0.39, 0.29) is 37.8 Å². The third-order valence-electron chi connectivity index (χ3n) is 6.23. The van der Waals surface area contributed by atoms with Gasteiger partial charge < -0.3 is 26.3 Å². The van der Waals surface area contributed by atoms with Crippen LogP contribution in [0.25, 0.3) is 21.9 Å². The molecule has 2 heterocycles. The van der Waals surface area contributed by atoms with Gasteiger partial charge in [-0.15, -0.1) is 0 Å². The minimum Gasteiger partial charge on any atom is -0.466 e. The van der Waals surface area contributed by atoms with E-state index in [2.05, 4.69) is 25.3 Å². The highest BCUT2D eigenvalue weighted by Gasteiger charge is 2.25. The highest BCUT2D eigenvalue weighted by atomic mass is 16.5. The van der Waals surface area contributed by atoms with E-state index in [4.69, 9.17) is 20.9 Å². The Morgan fingerprint density at radius 1 is 0.925 bits per heavy atom. The third-order valence-corrected chi connectivity index (χ3v) is 6.23. The van der Waals surface area contributed by atoms with E-state index < -0.39 is 23.9 Å². The molecule has 12 heteroatoms. The number of aromatic nitrogens is 4. The van der Waals surface area contributed by atoms with E-state index >= 15 is 0 Å². The van der Waals surface area contributed by atoms with Crippen LogP contribution in [-0.2, 0) is 31.9 Å². The van der Waals surface area contributed by atoms with Gasteiger partial charge >= 0.3 is 11.9 Å². The smallest absolute Gasteiger partial charge is 0.328 e. The minimum atomic E-state index is -0.992. The van der Waals surface area contributed by atoms with E-state index in [0.29, 0.717) is 35.3 Å². The number of amides is 1. The Morgan fingerprint density at radius 2 is 1.68 bits per heavy atom. The largest absolute Gasteiger partial charge is 0.466 e. The lowest BCUT2D eigenvalue weighted by Crippen LogP contribution is -2.42. The van der Waals surface area contributed by atoms with Crippen molar-refractivity contribution < 1.29 is 23.9 Å². The lowest BCUT2D eigenvalue weighted by molar-refractivity contribution is -0.146. The van der Waals surface area contributed by atoms with Crippen molar-refractivity contribution in [3.8, 4) is 0 Å². The molecule has 2 aromatic carbocycles. The summed E-state index contributed by atoms with van der Waals surface area (Å²) in [6, 6.07) is 10.1. The standard InChI is InChI=1S/C28H31N7O5/c1-3-39-22(36)14-13-21(27(38)40-4-2)33-26(37)20-12-10-16(18-7-5-6-8-19(18)20)9-11-17-15-31-25-23(32-17)24(29)34-28(30)35-25/h5-8,10,12,15,21H,3-4,9,11,13-14H2,1-2H3,(H,33,37)(H4,29,30,31,34,35)/t21-/m0/s1. The zero-order valence-electron chi connectivity index (χ0n) is 22.3. The maximum absolute atomic E-state index is 13.3. The second-order valence-corrected chi connectivity index (χ2v) is 8.94. The average Bonchev–Trinajstić information content (AvgIpc) is 2.94. The molecule has 40 heavy (non-hydrogen) atoms. The van der Waals surface area contributed by atoms with Crippen LogP contribution in [0.15, 0.2) is 42.6 Å². The number of nitrogens with one attached hydrogen (secondary N) is 1. The second-order valence-electron chi connectivity index (χ2n) is 8.94. The molecule has 0 unspecified atom stereocenters. The van der Waals surface area contributed by atoms with Gasteiger partial charge in [0.2, 0.25) is 5.95 Å². The quantitative estimate of drug-likeness (QED) is 0.235. The van der Waals surface area contributed by atoms with E-state index in [1.165, 1.54) is 0 Å². The molecule has 0 aliphatic carbocycles. The van der Waals surface area contributed by atoms with E-state index in [1.54, 1.807) is 26.1 Å². The number of nitrogens with two attached hydrogens (primary N) is 2. The maximum Gasteiger partial charge on any atom is 0.328 e. The molecule has 0 fully saturated rings. The van der Waals surface area contributed by atoms with Crippen molar-refractivity contribution in [1.82, 2.24) is 25.3 Å². The minimum absolute atomic E-state index is 0.0277. The number of carbonyl (C=O) groups is 3. The molecule has 2 aromatic heterocycles. The van der Waals surface area contributed by atoms with Gasteiger partial charge in [-0.1, -0.05) is 30.3 Å². The first-order chi connectivity index (χ1) is 19.3. The van der Waals surface area contributed by atoms with Gasteiger partial charge in [0.25, 0.3) is 5.91 Å². The summed E-state index contributed by atoms with van der Waals surface area (Å²) in [6.07, 6.45) is 2.84. The number of ether oxygens (including phenoxy) is 2. The van der Waals surface area contributed by atoms with Crippen LogP contribution in [0.5, 0.6) is 0 Å². The summed E-state index contributed by atoms with van der Waals surface area (Å²) in [5.74, 6) is -1.29. The summed E-state index contributed by atoms with van der Waals surface area (Å²) in [4.78, 5) is 54.6. The number of rotatable bonds is 11. The number of esters is 2. The van der Waals surface area contributed by atoms with Crippen LogP contribution in [-0.4, -0.2) is 57.0 Å². The number of hydrogen-bond donors (Lipinski definition) is 3. The number of benzene rings is 2. The molecule has 0 spiro atoms. The Kier molecular flexibility index (Phi) is 9.00. The van der Waals surface area contributed by atoms with Gasteiger partial charge in [0.05, 0.1) is 25.1 Å². The zero-order chi connectivity index (χ0) is 28.6. The molecule has 0 radical (unpaired) electrons. The molecule has 12 nitrogen and oxygen atoms in total. The number of carbonyl (C=O) groups excluding carboxylic acids is 3.